The van der Waals surface area contributed by atoms with Gasteiger partial charge in [-0.1, -0.05) is 53.6 Å². The van der Waals surface area contributed by atoms with Gasteiger partial charge in [0.2, 0.25) is 5.91 Å². The van der Waals surface area contributed by atoms with E-state index < -0.39 is 0 Å². The fourth-order valence-electron chi connectivity index (χ4n) is 3.97. The highest BCUT2D eigenvalue weighted by Crippen LogP contribution is 2.24. The van der Waals surface area contributed by atoms with Gasteiger partial charge in [-0.25, -0.2) is 9.97 Å². The number of carbonyl (C=O) groups is 1. The Hall–Kier alpha value is -3.21. The summed E-state index contributed by atoms with van der Waals surface area (Å²) in [7, 11) is 0. The number of aryl methyl sites for hydroxylation is 2. The average Bonchev–Trinajstić information content (AvgIpc) is 2.78. The number of rotatable bonds is 5. The normalized spacial score (nSPS) is 14.5. The summed E-state index contributed by atoms with van der Waals surface area (Å²) in [6, 6.07) is 18.5. The van der Waals surface area contributed by atoms with Gasteiger partial charge in [-0.15, -0.1) is 0 Å². The Morgan fingerprint density at radius 3 is 2.50 bits per heavy atom. The van der Waals surface area contributed by atoms with Crippen molar-refractivity contribution in [2.24, 2.45) is 5.92 Å². The number of amides is 1. The predicted molar refractivity (Wildman–Crippen MR) is 120 cm³/mol. The van der Waals surface area contributed by atoms with Crippen LogP contribution in [0.1, 0.15) is 29.5 Å². The van der Waals surface area contributed by atoms with Gasteiger partial charge in [0.15, 0.2) is 5.82 Å². The van der Waals surface area contributed by atoms with Gasteiger partial charge in [0.1, 0.15) is 5.82 Å². The fourth-order valence-corrected chi connectivity index (χ4v) is 3.97. The summed E-state index contributed by atoms with van der Waals surface area (Å²) in [5.74, 6) is 1.89. The van der Waals surface area contributed by atoms with Crippen LogP contribution in [0.15, 0.2) is 60.8 Å². The van der Waals surface area contributed by atoms with Crippen LogP contribution in [0.3, 0.4) is 0 Å². The molecule has 0 bridgehead atoms. The fraction of sp³-hybridized carbons (Fsp3) is 0.320. The van der Waals surface area contributed by atoms with Crippen LogP contribution in [0.25, 0.3) is 11.4 Å². The highest BCUT2D eigenvalue weighted by molar-refractivity contribution is 5.79. The van der Waals surface area contributed by atoms with E-state index in [0.717, 1.165) is 48.7 Å². The van der Waals surface area contributed by atoms with Crippen LogP contribution in [-0.4, -0.2) is 29.0 Å². The zero-order valence-electron chi connectivity index (χ0n) is 17.6. The molecule has 0 unspecified atom stereocenters. The highest BCUT2D eigenvalue weighted by Gasteiger charge is 2.25. The minimum atomic E-state index is 0.0594. The first-order valence-corrected chi connectivity index (χ1v) is 10.6. The van der Waals surface area contributed by atoms with Crippen LogP contribution >= 0.6 is 0 Å². The lowest BCUT2D eigenvalue weighted by atomic mass is 9.95. The monoisotopic (exact) mass is 400 g/mol. The third-order valence-electron chi connectivity index (χ3n) is 5.66. The van der Waals surface area contributed by atoms with Crippen molar-refractivity contribution in [3.63, 3.8) is 0 Å². The molecule has 2 heterocycles. The molecule has 0 atom stereocenters. The number of aromatic nitrogens is 2. The maximum atomic E-state index is 12.6. The third-order valence-corrected chi connectivity index (χ3v) is 5.66. The van der Waals surface area contributed by atoms with Crippen molar-refractivity contribution in [1.82, 2.24) is 15.3 Å². The first-order chi connectivity index (χ1) is 14.6. The Morgan fingerprint density at radius 2 is 1.77 bits per heavy atom. The largest absolute Gasteiger partial charge is 0.356 e. The Morgan fingerprint density at radius 1 is 1.03 bits per heavy atom. The minimum Gasteiger partial charge on any atom is -0.356 e. The van der Waals surface area contributed by atoms with Gasteiger partial charge >= 0.3 is 0 Å². The molecular formula is C25H28N4O. The molecule has 154 valence electrons. The molecule has 5 nitrogen and oxygen atoms in total. The number of anilines is 1. The van der Waals surface area contributed by atoms with Gasteiger partial charge in [-0.05, 0) is 44.4 Å². The van der Waals surface area contributed by atoms with Crippen molar-refractivity contribution < 1.29 is 4.79 Å². The standard InChI is InChI=1S/C25H28N4O/c1-18-5-3-7-20(15-18)17-27-25(30)21-10-13-29(14-11-21)23-9-12-26-24(28-23)22-8-4-6-19(2)16-22/h3-9,12,15-16,21H,10-11,13-14,17H2,1-2H3,(H,27,30). The molecule has 0 spiro atoms. The molecule has 0 aliphatic carbocycles. The van der Waals surface area contributed by atoms with E-state index in [1.54, 1.807) is 0 Å². The number of piperidine rings is 1. The van der Waals surface area contributed by atoms with Gasteiger partial charge < -0.3 is 10.2 Å². The molecule has 5 heteroatoms. The number of nitrogens with one attached hydrogen (secondary N) is 1. The number of hydrogen-bond donors (Lipinski definition) is 1. The van der Waals surface area contributed by atoms with Gasteiger partial charge in [0.25, 0.3) is 0 Å². The van der Waals surface area contributed by atoms with Crippen molar-refractivity contribution in [3.8, 4) is 11.4 Å². The van der Waals surface area contributed by atoms with Crippen LogP contribution in [0.5, 0.6) is 0 Å². The molecule has 0 saturated carbocycles. The third kappa shape index (κ3) is 4.85. The van der Waals surface area contributed by atoms with E-state index >= 15 is 0 Å². The van der Waals surface area contributed by atoms with Gasteiger partial charge in [-0.2, -0.15) is 0 Å². The summed E-state index contributed by atoms with van der Waals surface area (Å²) in [5, 5.41) is 3.10. The first-order valence-electron chi connectivity index (χ1n) is 10.6. The summed E-state index contributed by atoms with van der Waals surface area (Å²) < 4.78 is 0. The van der Waals surface area contributed by atoms with Crippen LogP contribution in [-0.2, 0) is 11.3 Å². The van der Waals surface area contributed by atoms with Gasteiger partial charge in [-0.3, -0.25) is 4.79 Å². The molecule has 3 aromatic rings. The van der Waals surface area contributed by atoms with E-state index in [4.69, 9.17) is 4.98 Å². The molecule has 4 rings (SSSR count). The maximum absolute atomic E-state index is 12.6. The SMILES string of the molecule is Cc1cccc(CNC(=O)C2CCN(c3ccnc(-c4cccc(C)c4)n3)CC2)c1. The predicted octanol–water partition coefficient (Wildman–Crippen LogP) is 4.29. The van der Waals surface area contributed by atoms with Crippen LogP contribution < -0.4 is 10.2 Å². The summed E-state index contributed by atoms with van der Waals surface area (Å²) in [5.41, 5.74) is 4.58. The first kappa shape index (κ1) is 20.1. The molecule has 1 aliphatic heterocycles. The topological polar surface area (TPSA) is 58.1 Å². The van der Waals surface area contributed by atoms with E-state index in [2.05, 4.69) is 59.4 Å². The lowest BCUT2D eigenvalue weighted by Gasteiger charge is -2.32. The van der Waals surface area contributed by atoms with E-state index in [0.29, 0.717) is 6.54 Å². The Bertz CT molecular complexity index is 1020. The number of nitrogens with zero attached hydrogens (tertiary/aromatic N) is 3. The van der Waals surface area contributed by atoms with Crippen LogP contribution in [0.4, 0.5) is 5.82 Å². The molecule has 30 heavy (non-hydrogen) atoms. The maximum Gasteiger partial charge on any atom is 0.223 e. The number of benzene rings is 2. The van der Waals surface area contributed by atoms with E-state index in [9.17, 15) is 4.79 Å². The van der Waals surface area contributed by atoms with E-state index in [1.165, 1.54) is 11.1 Å². The second-order valence-electron chi connectivity index (χ2n) is 8.08. The van der Waals surface area contributed by atoms with Crippen molar-refractivity contribution in [2.75, 3.05) is 18.0 Å². The van der Waals surface area contributed by atoms with E-state index in [1.807, 2.05) is 30.5 Å². The summed E-state index contributed by atoms with van der Waals surface area (Å²) in [6.45, 7) is 6.38. The van der Waals surface area contributed by atoms with Gasteiger partial charge in [0, 0.05) is 37.3 Å². The van der Waals surface area contributed by atoms with Crippen molar-refractivity contribution in [2.45, 2.75) is 33.2 Å². The molecular weight excluding hydrogens is 372 g/mol. The Labute approximate surface area is 178 Å². The van der Waals surface area contributed by atoms with Crippen molar-refractivity contribution >= 4 is 11.7 Å². The smallest absolute Gasteiger partial charge is 0.223 e. The molecule has 1 aliphatic rings. The Balaban J connectivity index is 1.34. The molecule has 1 fully saturated rings. The molecule has 1 N–H and O–H groups in total. The molecule has 2 aromatic carbocycles. The van der Waals surface area contributed by atoms with Crippen LogP contribution in [0, 0.1) is 19.8 Å². The van der Waals surface area contributed by atoms with Crippen LogP contribution in [0.2, 0.25) is 0 Å². The minimum absolute atomic E-state index is 0.0594. The molecule has 1 aromatic heterocycles. The highest BCUT2D eigenvalue weighted by atomic mass is 16.1. The lowest BCUT2D eigenvalue weighted by Crippen LogP contribution is -2.40. The van der Waals surface area contributed by atoms with Gasteiger partial charge in [0.05, 0.1) is 0 Å². The zero-order chi connectivity index (χ0) is 20.9. The zero-order valence-corrected chi connectivity index (χ0v) is 17.6. The number of hydrogen-bond acceptors (Lipinski definition) is 4. The summed E-state index contributed by atoms with van der Waals surface area (Å²) >= 11 is 0. The van der Waals surface area contributed by atoms with E-state index in [-0.39, 0.29) is 11.8 Å². The van der Waals surface area contributed by atoms with Crippen molar-refractivity contribution in [3.05, 3.63) is 77.5 Å². The Kier molecular flexibility index (Phi) is 6.07. The lowest BCUT2D eigenvalue weighted by molar-refractivity contribution is -0.125. The summed E-state index contributed by atoms with van der Waals surface area (Å²) in [4.78, 5) is 24.1. The quantitative estimate of drug-likeness (QED) is 0.694. The molecule has 1 amide bonds. The molecule has 0 radical (unpaired) electrons. The second-order valence-corrected chi connectivity index (χ2v) is 8.08. The average molecular weight is 401 g/mol. The number of carbonyl (C=O) groups excluding carboxylic acids is 1. The summed E-state index contributed by atoms with van der Waals surface area (Å²) in [6.07, 6.45) is 3.49. The molecule has 1 saturated heterocycles. The van der Waals surface area contributed by atoms with Crippen molar-refractivity contribution in [1.29, 1.82) is 0 Å². The second kappa shape index (κ2) is 9.08.